The van der Waals surface area contributed by atoms with Crippen molar-refractivity contribution in [3.05, 3.63) is 35.4 Å². The van der Waals surface area contributed by atoms with Gasteiger partial charge in [0.25, 0.3) is 0 Å². The van der Waals surface area contributed by atoms with Gasteiger partial charge in [-0.25, -0.2) is 4.79 Å². The third-order valence-corrected chi connectivity index (χ3v) is 5.24. The fourth-order valence-corrected chi connectivity index (χ4v) is 3.72. The van der Waals surface area contributed by atoms with E-state index in [-0.39, 0.29) is 30.1 Å². The summed E-state index contributed by atoms with van der Waals surface area (Å²) < 4.78 is 5.08. The van der Waals surface area contributed by atoms with E-state index >= 15 is 0 Å². The van der Waals surface area contributed by atoms with Crippen molar-refractivity contribution in [2.75, 3.05) is 59.5 Å². The number of aliphatic imine (C=N–C) groups is 1. The first-order valence-corrected chi connectivity index (χ1v) is 9.87. The Morgan fingerprint density at radius 3 is 2.46 bits per heavy atom. The number of carbonyl (C=O) groups is 1. The van der Waals surface area contributed by atoms with Crippen LogP contribution in [0.3, 0.4) is 0 Å². The average Bonchev–Trinajstić information content (AvgIpc) is 2.71. The molecule has 0 aromatic heterocycles. The van der Waals surface area contributed by atoms with E-state index < -0.39 is 0 Å². The molecule has 1 aromatic carbocycles. The minimum absolute atomic E-state index is 0. The van der Waals surface area contributed by atoms with Crippen molar-refractivity contribution < 1.29 is 9.53 Å². The second kappa shape index (κ2) is 11.5. The Morgan fingerprint density at radius 1 is 1.11 bits per heavy atom. The number of guanidine groups is 1. The van der Waals surface area contributed by atoms with Crippen LogP contribution in [0.2, 0.25) is 0 Å². The number of rotatable bonds is 4. The summed E-state index contributed by atoms with van der Waals surface area (Å²) in [7, 11) is 1.82. The first-order chi connectivity index (χ1) is 13.2. The molecule has 3 rings (SSSR count). The molecule has 1 N–H and O–H groups in total. The molecule has 1 aromatic rings. The topological polar surface area (TPSA) is 60.4 Å². The molecule has 2 aliphatic rings. The van der Waals surface area contributed by atoms with Crippen LogP contribution in [-0.2, 0) is 17.7 Å². The van der Waals surface area contributed by atoms with Crippen LogP contribution in [0.1, 0.15) is 18.1 Å². The fourth-order valence-electron chi connectivity index (χ4n) is 3.72. The summed E-state index contributed by atoms with van der Waals surface area (Å²) in [5, 5.41) is 3.48. The van der Waals surface area contributed by atoms with Gasteiger partial charge in [0.2, 0.25) is 0 Å². The maximum absolute atomic E-state index is 11.8. The molecule has 2 aliphatic heterocycles. The average molecular weight is 501 g/mol. The van der Waals surface area contributed by atoms with Gasteiger partial charge < -0.3 is 19.9 Å². The Hall–Kier alpha value is -1.55. The van der Waals surface area contributed by atoms with Gasteiger partial charge in [-0.3, -0.25) is 9.89 Å². The molecule has 0 unspecified atom stereocenters. The largest absolute Gasteiger partial charge is 0.450 e. The summed E-state index contributed by atoms with van der Waals surface area (Å²) in [6, 6.07) is 8.72. The van der Waals surface area contributed by atoms with E-state index in [1.54, 1.807) is 4.90 Å². The second-order valence-electron chi connectivity index (χ2n) is 6.94. The Labute approximate surface area is 185 Å². The highest BCUT2D eigenvalue weighted by molar-refractivity contribution is 14.0. The zero-order valence-electron chi connectivity index (χ0n) is 16.9. The SMILES string of the molecule is CCOC(=O)N1CCN(C(=NC)NCCN2CCc3ccccc3C2)CC1.I. The Kier molecular flexibility index (Phi) is 9.30. The van der Waals surface area contributed by atoms with Crippen LogP contribution in [-0.4, -0.2) is 86.2 Å². The summed E-state index contributed by atoms with van der Waals surface area (Å²) in [4.78, 5) is 22.7. The Balaban J connectivity index is 0.00000280. The predicted octanol–water partition coefficient (Wildman–Crippen LogP) is 2.01. The van der Waals surface area contributed by atoms with Crippen LogP contribution in [0.15, 0.2) is 29.3 Å². The molecular weight excluding hydrogens is 469 g/mol. The van der Waals surface area contributed by atoms with Crippen LogP contribution in [0.5, 0.6) is 0 Å². The van der Waals surface area contributed by atoms with Crippen molar-refractivity contribution >= 4 is 36.0 Å². The molecule has 0 atom stereocenters. The first-order valence-electron chi connectivity index (χ1n) is 9.87. The number of carbonyl (C=O) groups excluding carboxylic acids is 1. The van der Waals surface area contributed by atoms with Crippen molar-refractivity contribution in [2.45, 2.75) is 19.9 Å². The third kappa shape index (κ3) is 5.97. The van der Waals surface area contributed by atoms with Gasteiger partial charge in [0.15, 0.2) is 5.96 Å². The van der Waals surface area contributed by atoms with Gasteiger partial charge in [0, 0.05) is 59.4 Å². The van der Waals surface area contributed by atoms with Crippen molar-refractivity contribution in [3.8, 4) is 0 Å². The molecule has 1 amide bonds. The number of halogens is 1. The monoisotopic (exact) mass is 501 g/mol. The van der Waals surface area contributed by atoms with E-state index in [1.807, 2.05) is 14.0 Å². The first kappa shape index (κ1) is 22.7. The summed E-state index contributed by atoms with van der Waals surface area (Å²) >= 11 is 0. The maximum atomic E-state index is 11.8. The van der Waals surface area contributed by atoms with Crippen LogP contribution >= 0.6 is 24.0 Å². The molecule has 156 valence electrons. The molecule has 0 radical (unpaired) electrons. The molecule has 0 saturated carbocycles. The maximum Gasteiger partial charge on any atom is 0.409 e. The predicted molar refractivity (Wildman–Crippen MR) is 122 cm³/mol. The highest BCUT2D eigenvalue weighted by Gasteiger charge is 2.23. The fraction of sp³-hybridized carbons (Fsp3) is 0.600. The second-order valence-corrected chi connectivity index (χ2v) is 6.94. The minimum atomic E-state index is -0.217. The molecule has 28 heavy (non-hydrogen) atoms. The van der Waals surface area contributed by atoms with Crippen LogP contribution in [0, 0.1) is 0 Å². The van der Waals surface area contributed by atoms with Crippen LogP contribution < -0.4 is 5.32 Å². The zero-order chi connectivity index (χ0) is 19.1. The van der Waals surface area contributed by atoms with Gasteiger partial charge >= 0.3 is 6.09 Å². The normalized spacial score (nSPS) is 17.6. The van der Waals surface area contributed by atoms with Crippen molar-refractivity contribution in [2.24, 2.45) is 4.99 Å². The van der Waals surface area contributed by atoms with E-state index in [1.165, 1.54) is 11.1 Å². The minimum Gasteiger partial charge on any atom is -0.450 e. The molecule has 0 bridgehead atoms. The lowest BCUT2D eigenvalue weighted by atomic mass is 10.00. The highest BCUT2D eigenvalue weighted by atomic mass is 127. The Morgan fingerprint density at radius 2 is 1.79 bits per heavy atom. The van der Waals surface area contributed by atoms with Crippen molar-refractivity contribution in [3.63, 3.8) is 0 Å². The standard InChI is InChI=1S/C20H31N5O2.HI/c1-3-27-20(26)25-14-12-24(13-15-25)19(21-2)22-9-11-23-10-8-17-6-4-5-7-18(17)16-23;/h4-7H,3,8-16H2,1-2H3,(H,21,22);1H. The van der Waals surface area contributed by atoms with Crippen LogP contribution in [0.25, 0.3) is 0 Å². The lowest BCUT2D eigenvalue weighted by Crippen LogP contribution is -2.54. The van der Waals surface area contributed by atoms with E-state index in [4.69, 9.17) is 4.74 Å². The van der Waals surface area contributed by atoms with Crippen molar-refractivity contribution in [1.82, 2.24) is 20.0 Å². The quantitative estimate of drug-likeness (QED) is 0.389. The molecule has 1 fully saturated rings. The van der Waals surface area contributed by atoms with Gasteiger partial charge in [0.1, 0.15) is 0 Å². The van der Waals surface area contributed by atoms with E-state index in [9.17, 15) is 4.79 Å². The number of fused-ring (bicyclic) bond motifs is 1. The molecule has 7 nitrogen and oxygen atoms in total. The number of hydrogen-bond acceptors (Lipinski definition) is 4. The smallest absolute Gasteiger partial charge is 0.409 e. The van der Waals surface area contributed by atoms with Gasteiger partial charge in [-0.15, -0.1) is 24.0 Å². The van der Waals surface area contributed by atoms with E-state index in [0.717, 1.165) is 51.6 Å². The number of hydrogen-bond donors (Lipinski definition) is 1. The highest BCUT2D eigenvalue weighted by Crippen LogP contribution is 2.17. The number of piperazine rings is 1. The summed E-state index contributed by atoms with van der Waals surface area (Å²) in [6.07, 6.45) is 0.909. The van der Waals surface area contributed by atoms with Crippen LogP contribution in [0.4, 0.5) is 4.79 Å². The van der Waals surface area contributed by atoms with Gasteiger partial charge in [-0.05, 0) is 24.5 Å². The molecule has 0 aliphatic carbocycles. The number of ether oxygens (including phenoxy) is 1. The van der Waals surface area contributed by atoms with Gasteiger partial charge in [0.05, 0.1) is 6.61 Å². The summed E-state index contributed by atoms with van der Waals surface area (Å²) in [5.41, 5.74) is 2.93. The molecule has 2 heterocycles. The summed E-state index contributed by atoms with van der Waals surface area (Å²) in [5.74, 6) is 0.913. The number of benzene rings is 1. The Bertz CT molecular complexity index is 662. The zero-order valence-corrected chi connectivity index (χ0v) is 19.2. The lowest BCUT2D eigenvalue weighted by Gasteiger charge is -2.36. The van der Waals surface area contributed by atoms with E-state index in [2.05, 4.69) is 44.4 Å². The molecule has 1 saturated heterocycles. The van der Waals surface area contributed by atoms with E-state index in [0.29, 0.717) is 19.7 Å². The van der Waals surface area contributed by atoms with Gasteiger partial charge in [-0.1, -0.05) is 24.3 Å². The molecular formula is C20H32IN5O2. The van der Waals surface area contributed by atoms with Crippen molar-refractivity contribution in [1.29, 1.82) is 0 Å². The third-order valence-electron chi connectivity index (χ3n) is 5.24. The number of nitrogens with one attached hydrogen (secondary N) is 1. The number of nitrogens with zero attached hydrogens (tertiary/aromatic N) is 4. The summed E-state index contributed by atoms with van der Waals surface area (Å²) in [6.45, 7) is 9.13. The molecule has 8 heteroatoms. The number of amides is 1. The lowest BCUT2D eigenvalue weighted by molar-refractivity contribution is 0.0914. The molecule has 0 spiro atoms. The van der Waals surface area contributed by atoms with Gasteiger partial charge in [-0.2, -0.15) is 0 Å².